The summed E-state index contributed by atoms with van der Waals surface area (Å²) in [5, 5.41) is 6.93. The van der Waals surface area contributed by atoms with Crippen LogP contribution in [0.3, 0.4) is 0 Å². The van der Waals surface area contributed by atoms with Gasteiger partial charge in [-0.25, -0.2) is 0 Å². The molecular weight excluding hydrogens is 260 g/mol. The van der Waals surface area contributed by atoms with Crippen molar-refractivity contribution in [3.8, 4) is 0 Å². The largest absolute Gasteiger partial charge is 0.350 e. The molecule has 0 fully saturated rings. The number of carbonyl (C=O) groups excluding carboxylic acids is 1. The molecule has 0 heterocycles. The second-order valence-corrected chi connectivity index (χ2v) is 6.28. The zero-order valence-electron chi connectivity index (χ0n) is 12.3. The maximum atomic E-state index is 12.0. The maximum Gasteiger partial charge on any atom is 0.237 e. The van der Waals surface area contributed by atoms with E-state index >= 15 is 0 Å². The van der Waals surface area contributed by atoms with Crippen molar-refractivity contribution >= 4 is 17.5 Å². The van der Waals surface area contributed by atoms with Gasteiger partial charge in [0.1, 0.15) is 0 Å². The lowest BCUT2D eigenvalue weighted by molar-refractivity contribution is -0.124. The van der Waals surface area contributed by atoms with Crippen molar-refractivity contribution in [2.75, 3.05) is 0 Å². The lowest BCUT2D eigenvalue weighted by atomic mass is 10.1. The van der Waals surface area contributed by atoms with Gasteiger partial charge in [-0.05, 0) is 46.2 Å². The monoisotopic (exact) mass is 282 g/mol. The molecule has 0 saturated heterocycles. The second-order valence-electron chi connectivity index (χ2n) is 5.87. The maximum absolute atomic E-state index is 12.0. The molecule has 0 aliphatic carbocycles. The third kappa shape index (κ3) is 5.21. The van der Waals surface area contributed by atoms with Gasteiger partial charge in [0.05, 0.1) is 6.04 Å². The van der Waals surface area contributed by atoms with Gasteiger partial charge in [0.25, 0.3) is 0 Å². The van der Waals surface area contributed by atoms with Gasteiger partial charge in [-0.15, -0.1) is 0 Å². The number of hydrogen-bond donors (Lipinski definition) is 2. The molecule has 0 bridgehead atoms. The lowest BCUT2D eigenvalue weighted by Crippen LogP contribution is -2.50. The first-order valence-corrected chi connectivity index (χ1v) is 6.91. The summed E-state index contributed by atoms with van der Waals surface area (Å²) in [6.45, 7) is 9.76. The molecule has 0 aliphatic heterocycles. The first-order valence-electron chi connectivity index (χ1n) is 6.53. The van der Waals surface area contributed by atoms with Gasteiger partial charge < -0.3 is 5.32 Å². The van der Waals surface area contributed by atoms with Crippen molar-refractivity contribution in [3.05, 3.63) is 34.9 Å². The number of nitrogens with one attached hydrogen (secondary N) is 2. The summed E-state index contributed by atoms with van der Waals surface area (Å²) in [6.07, 6.45) is 0. The number of halogens is 1. The molecule has 0 aliphatic rings. The zero-order valence-corrected chi connectivity index (χ0v) is 13.0. The average molecular weight is 283 g/mol. The first kappa shape index (κ1) is 16.0. The van der Waals surface area contributed by atoms with Crippen LogP contribution in [0.5, 0.6) is 0 Å². The summed E-state index contributed by atoms with van der Waals surface area (Å²) in [5.41, 5.74) is 0.778. The van der Waals surface area contributed by atoms with E-state index in [1.54, 1.807) is 0 Å². The Morgan fingerprint density at radius 1 is 1.21 bits per heavy atom. The fourth-order valence-electron chi connectivity index (χ4n) is 1.84. The van der Waals surface area contributed by atoms with Crippen molar-refractivity contribution in [2.24, 2.45) is 0 Å². The molecule has 19 heavy (non-hydrogen) atoms. The fraction of sp³-hybridized carbons (Fsp3) is 0.533. The third-order valence-corrected chi connectivity index (χ3v) is 3.11. The Kier molecular flexibility index (Phi) is 5.39. The minimum Gasteiger partial charge on any atom is -0.350 e. The van der Waals surface area contributed by atoms with Gasteiger partial charge in [0.15, 0.2) is 0 Å². The molecule has 2 atom stereocenters. The first-order chi connectivity index (χ1) is 8.70. The van der Waals surface area contributed by atoms with E-state index in [4.69, 9.17) is 11.6 Å². The van der Waals surface area contributed by atoms with Crippen LogP contribution < -0.4 is 10.6 Å². The van der Waals surface area contributed by atoms with Crippen LogP contribution in [0.4, 0.5) is 0 Å². The highest BCUT2D eigenvalue weighted by Gasteiger charge is 2.21. The van der Waals surface area contributed by atoms with Crippen LogP contribution in [-0.4, -0.2) is 17.5 Å². The van der Waals surface area contributed by atoms with Crippen LogP contribution in [0.2, 0.25) is 5.02 Å². The van der Waals surface area contributed by atoms with Crippen molar-refractivity contribution in [3.63, 3.8) is 0 Å². The van der Waals surface area contributed by atoms with Crippen molar-refractivity contribution in [1.82, 2.24) is 10.6 Å². The Morgan fingerprint density at radius 2 is 1.79 bits per heavy atom. The van der Waals surface area contributed by atoms with Gasteiger partial charge in [-0.1, -0.05) is 29.8 Å². The van der Waals surface area contributed by atoms with Crippen molar-refractivity contribution in [2.45, 2.75) is 52.2 Å². The lowest BCUT2D eigenvalue weighted by Gasteiger charge is -2.26. The molecule has 2 N–H and O–H groups in total. The Hall–Kier alpha value is -1.06. The summed E-state index contributed by atoms with van der Waals surface area (Å²) in [6, 6.07) is 7.41. The van der Waals surface area contributed by atoms with Crippen LogP contribution in [0, 0.1) is 0 Å². The molecule has 0 aromatic heterocycles. The Labute approximate surface area is 120 Å². The number of rotatable bonds is 4. The SMILES string of the molecule is C[C@H](N[C@H](C)C(=O)NC(C)(C)C)c1ccccc1Cl. The molecule has 1 amide bonds. The molecule has 4 heteroatoms. The van der Waals surface area contributed by atoms with E-state index in [9.17, 15) is 4.79 Å². The molecule has 0 radical (unpaired) electrons. The highest BCUT2D eigenvalue weighted by molar-refractivity contribution is 6.31. The van der Waals surface area contributed by atoms with Crippen LogP contribution in [0.25, 0.3) is 0 Å². The quantitative estimate of drug-likeness (QED) is 0.890. The topological polar surface area (TPSA) is 41.1 Å². The Bertz CT molecular complexity index is 440. The standard InChI is InChI=1S/C15H23ClN2O/c1-10(12-8-6-7-9-13(12)16)17-11(2)14(19)18-15(3,4)5/h6-11,17H,1-5H3,(H,18,19)/t10-,11+/m0/s1. The van der Waals surface area contributed by atoms with Gasteiger partial charge in [0.2, 0.25) is 5.91 Å². The summed E-state index contributed by atoms with van der Waals surface area (Å²) in [4.78, 5) is 12.0. The van der Waals surface area contributed by atoms with Crippen molar-refractivity contribution < 1.29 is 4.79 Å². The molecule has 0 saturated carbocycles. The summed E-state index contributed by atoms with van der Waals surface area (Å²) in [5.74, 6) is -0.00796. The van der Waals surface area contributed by atoms with Gasteiger partial charge in [0, 0.05) is 16.6 Å². The number of amides is 1. The molecule has 106 valence electrons. The smallest absolute Gasteiger partial charge is 0.237 e. The zero-order chi connectivity index (χ0) is 14.6. The average Bonchev–Trinajstić information content (AvgIpc) is 2.27. The number of hydrogen-bond acceptors (Lipinski definition) is 2. The van der Waals surface area contributed by atoms with E-state index in [1.165, 1.54) is 0 Å². The molecule has 3 nitrogen and oxygen atoms in total. The van der Waals surface area contributed by atoms with Gasteiger partial charge in [-0.3, -0.25) is 10.1 Å². The van der Waals surface area contributed by atoms with Crippen LogP contribution in [-0.2, 0) is 4.79 Å². The molecule has 1 rings (SSSR count). The summed E-state index contributed by atoms with van der Waals surface area (Å²) >= 11 is 6.15. The summed E-state index contributed by atoms with van der Waals surface area (Å²) < 4.78 is 0. The van der Waals surface area contributed by atoms with Gasteiger partial charge >= 0.3 is 0 Å². The predicted octanol–water partition coefficient (Wildman–Crippen LogP) is 3.29. The van der Waals surface area contributed by atoms with E-state index in [-0.39, 0.29) is 23.5 Å². The normalized spacial score (nSPS) is 14.8. The number of benzene rings is 1. The number of carbonyl (C=O) groups is 1. The molecular formula is C15H23ClN2O. The van der Waals surface area contributed by atoms with E-state index in [0.29, 0.717) is 5.02 Å². The molecule has 1 aromatic carbocycles. The Balaban J connectivity index is 2.64. The minimum absolute atomic E-state index is 0.00796. The molecule has 1 aromatic rings. The van der Waals surface area contributed by atoms with Gasteiger partial charge in [-0.2, -0.15) is 0 Å². The second kappa shape index (κ2) is 6.40. The predicted molar refractivity (Wildman–Crippen MR) is 80.4 cm³/mol. The molecule has 0 spiro atoms. The van der Waals surface area contributed by atoms with E-state index in [2.05, 4.69) is 10.6 Å². The molecule has 0 unspecified atom stereocenters. The van der Waals surface area contributed by atoms with Crippen LogP contribution in [0.1, 0.15) is 46.2 Å². The highest BCUT2D eigenvalue weighted by Crippen LogP contribution is 2.22. The van der Waals surface area contributed by atoms with E-state index in [0.717, 1.165) is 5.56 Å². The Morgan fingerprint density at radius 3 is 2.32 bits per heavy atom. The fourth-order valence-corrected chi connectivity index (χ4v) is 2.14. The van der Waals surface area contributed by atoms with Crippen molar-refractivity contribution in [1.29, 1.82) is 0 Å². The highest BCUT2D eigenvalue weighted by atomic mass is 35.5. The van der Waals surface area contributed by atoms with Crippen LogP contribution in [0.15, 0.2) is 24.3 Å². The third-order valence-electron chi connectivity index (χ3n) is 2.76. The summed E-state index contributed by atoms with van der Waals surface area (Å²) in [7, 11) is 0. The van der Waals surface area contributed by atoms with E-state index in [1.807, 2.05) is 58.9 Å². The minimum atomic E-state index is -0.273. The van der Waals surface area contributed by atoms with E-state index < -0.39 is 0 Å². The van der Waals surface area contributed by atoms with Crippen LogP contribution >= 0.6 is 11.6 Å².